The Morgan fingerprint density at radius 1 is 1.40 bits per heavy atom. The minimum Gasteiger partial charge on any atom is -0.357 e. The third-order valence-corrected chi connectivity index (χ3v) is 3.51. The van der Waals surface area contributed by atoms with E-state index in [1.54, 1.807) is 18.1 Å². The highest BCUT2D eigenvalue weighted by Crippen LogP contribution is 2.27. The van der Waals surface area contributed by atoms with Gasteiger partial charge in [0.25, 0.3) is 5.91 Å². The lowest BCUT2D eigenvalue weighted by atomic mass is 10.1. The van der Waals surface area contributed by atoms with E-state index in [2.05, 4.69) is 15.0 Å². The predicted molar refractivity (Wildman–Crippen MR) is 80.6 cm³/mol. The van der Waals surface area contributed by atoms with Gasteiger partial charge < -0.3 is 14.9 Å². The maximum atomic E-state index is 12.1. The van der Waals surface area contributed by atoms with Crippen LogP contribution in [0.3, 0.4) is 0 Å². The van der Waals surface area contributed by atoms with Crippen LogP contribution in [0.2, 0.25) is 0 Å². The number of nitrogens with one attached hydrogen (secondary N) is 2. The fourth-order valence-electron chi connectivity index (χ4n) is 2.24. The smallest absolute Gasteiger partial charge is 0.270 e. The third-order valence-electron chi connectivity index (χ3n) is 3.51. The van der Waals surface area contributed by atoms with Crippen LogP contribution in [0.4, 0.5) is 0 Å². The molecule has 0 spiro atoms. The second-order valence-corrected chi connectivity index (χ2v) is 4.72. The quantitative estimate of drug-likeness (QED) is 0.768. The van der Waals surface area contributed by atoms with Gasteiger partial charge >= 0.3 is 0 Å². The first kappa shape index (κ1) is 12.5. The molecule has 3 aromatic rings. The Morgan fingerprint density at radius 2 is 2.25 bits per heavy atom. The van der Waals surface area contributed by atoms with Crippen LogP contribution in [-0.4, -0.2) is 39.4 Å². The maximum Gasteiger partial charge on any atom is 0.270 e. The van der Waals surface area contributed by atoms with Crippen molar-refractivity contribution < 1.29 is 6.22 Å². The van der Waals surface area contributed by atoms with Gasteiger partial charge in [0.1, 0.15) is 11.3 Å². The number of pyridine rings is 1. The van der Waals surface area contributed by atoms with E-state index >= 15 is 0 Å². The van der Waals surface area contributed by atoms with Crippen LogP contribution in [0.15, 0.2) is 36.8 Å². The van der Waals surface area contributed by atoms with E-state index in [-0.39, 0.29) is 7.33 Å². The number of hydrogen-bond acceptors (Lipinski definition) is 2. The van der Waals surface area contributed by atoms with Gasteiger partial charge in [-0.2, -0.15) is 0 Å². The predicted octanol–water partition coefficient (Wildman–Crippen LogP) is 2.90. The molecular formula is C15H18N4O. The van der Waals surface area contributed by atoms with Crippen LogP contribution in [0.1, 0.15) is 18.8 Å². The lowest BCUT2D eigenvalue weighted by molar-refractivity contribution is 0.0797. The van der Waals surface area contributed by atoms with E-state index in [4.69, 9.17) is 0 Å². The number of aromatic amines is 2. The Hall–Kier alpha value is -2.56. The number of carbonyl (C=O) groups is 1. The van der Waals surface area contributed by atoms with Gasteiger partial charge in [-0.25, -0.2) is 4.98 Å². The monoisotopic (exact) mass is 270 g/mol. The van der Waals surface area contributed by atoms with E-state index in [0.29, 0.717) is 12.2 Å². The Balaban J connectivity index is 0.00000161. The largest absolute Gasteiger partial charge is 0.357 e. The van der Waals surface area contributed by atoms with E-state index in [1.165, 1.54) is 0 Å². The minimum absolute atomic E-state index is 0. The van der Waals surface area contributed by atoms with E-state index in [1.807, 2.05) is 37.5 Å². The molecule has 0 bridgehead atoms. The van der Waals surface area contributed by atoms with Crippen molar-refractivity contribution in [3.05, 3.63) is 42.5 Å². The molecule has 0 aliphatic heterocycles. The molecule has 5 heteroatoms. The Bertz CT molecular complexity index is 762. The third kappa shape index (κ3) is 1.97. The second kappa shape index (κ2) is 4.85. The maximum absolute atomic E-state index is 12.1. The first-order valence-electron chi connectivity index (χ1n) is 6.57. The summed E-state index contributed by atoms with van der Waals surface area (Å²) in [6, 6.07) is 5.83. The molecule has 0 saturated carbocycles. The molecule has 5 nitrogen and oxygen atoms in total. The molecule has 0 saturated heterocycles. The van der Waals surface area contributed by atoms with Crippen molar-refractivity contribution in [2.45, 2.75) is 6.92 Å². The number of hydrogen-bond donors (Lipinski definition) is 2. The zero-order valence-electron chi connectivity index (χ0n) is 11.5. The summed E-state index contributed by atoms with van der Waals surface area (Å²) < 4.78 is 0. The van der Waals surface area contributed by atoms with Gasteiger partial charge in [-0.05, 0) is 30.7 Å². The first-order chi connectivity index (χ1) is 9.70. The number of rotatable bonds is 3. The van der Waals surface area contributed by atoms with Gasteiger partial charge in [0, 0.05) is 44.6 Å². The molecule has 1 amide bonds. The summed E-state index contributed by atoms with van der Waals surface area (Å²) in [5.74, 6) is -0.00174. The average Bonchev–Trinajstić information content (AvgIpc) is 3.13. The zero-order chi connectivity index (χ0) is 14.1. The van der Waals surface area contributed by atoms with Crippen molar-refractivity contribution >= 4 is 16.9 Å². The molecular weight excluding hydrogens is 252 g/mol. The fraction of sp³-hybridized carbons (Fsp3) is 0.200. The number of amides is 1. The lowest BCUT2D eigenvalue weighted by Gasteiger charge is -2.12. The molecule has 3 rings (SSSR count). The van der Waals surface area contributed by atoms with Crippen LogP contribution in [0.25, 0.3) is 22.2 Å². The number of nitrogens with zero attached hydrogens (tertiary/aromatic N) is 2. The number of carbonyl (C=O) groups excluding carboxylic acids is 1. The fourth-order valence-corrected chi connectivity index (χ4v) is 2.24. The van der Waals surface area contributed by atoms with Gasteiger partial charge in [-0.15, -0.1) is 0 Å². The van der Waals surface area contributed by atoms with Crippen LogP contribution in [0, 0.1) is 0 Å². The lowest BCUT2D eigenvalue weighted by Crippen LogP contribution is -2.26. The summed E-state index contributed by atoms with van der Waals surface area (Å²) in [6.45, 7) is 2.64. The molecule has 0 aromatic carbocycles. The Morgan fingerprint density at radius 3 is 3.05 bits per heavy atom. The highest BCUT2D eigenvalue weighted by atomic mass is 16.2. The highest BCUT2D eigenvalue weighted by Gasteiger charge is 2.14. The summed E-state index contributed by atoms with van der Waals surface area (Å²) in [4.78, 5) is 24.2. The average molecular weight is 270 g/mol. The standard InChI is InChI=1S/C15H16N4O.H2/c1-3-19(2)15(20)13-8-10(9-18-13)11-4-6-16-14-12(11)5-7-17-14;/h4-9,18H,3H2,1-2H3,(H,16,17);1H. The van der Waals surface area contributed by atoms with Crippen LogP contribution in [-0.2, 0) is 0 Å². The van der Waals surface area contributed by atoms with Crippen LogP contribution in [0.5, 0.6) is 0 Å². The molecule has 0 aliphatic rings. The molecule has 2 N–H and O–H groups in total. The number of aromatic nitrogens is 3. The van der Waals surface area contributed by atoms with Crippen molar-refractivity contribution in [3.63, 3.8) is 0 Å². The molecule has 0 aliphatic carbocycles. The first-order valence-corrected chi connectivity index (χ1v) is 6.57. The van der Waals surface area contributed by atoms with Crippen LogP contribution < -0.4 is 0 Å². The summed E-state index contributed by atoms with van der Waals surface area (Å²) in [7, 11) is 1.79. The van der Waals surface area contributed by atoms with E-state index in [9.17, 15) is 4.79 Å². The van der Waals surface area contributed by atoms with Gasteiger partial charge in [-0.3, -0.25) is 4.79 Å². The molecule has 0 unspecified atom stereocenters. The second-order valence-electron chi connectivity index (χ2n) is 4.72. The zero-order valence-corrected chi connectivity index (χ0v) is 11.5. The Labute approximate surface area is 118 Å². The molecule has 104 valence electrons. The number of H-pyrrole nitrogens is 2. The normalized spacial score (nSPS) is 10.9. The van der Waals surface area contributed by atoms with Crippen molar-refractivity contribution in [2.75, 3.05) is 13.6 Å². The molecule has 0 radical (unpaired) electrons. The van der Waals surface area contributed by atoms with E-state index < -0.39 is 0 Å². The summed E-state index contributed by atoms with van der Waals surface area (Å²) in [5, 5.41) is 1.05. The van der Waals surface area contributed by atoms with Gasteiger partial charge in [0.2, 0.25) is 0 Å². The molecule has 20 heavy (non-hydrogen) atoms. The summed E-state index contributed by atoms with van der Waals surface area (Å²) in [5.41, 5.74) is 3.50. The van der Waals surface area contributed by atoms with Crippen molar-refractivity contribution in [1.82, 2.24) is 19.9 Å². The van der Waals surface area contributed by atoms with Gasteiger partial charge in [0.15, 0.2) is 0 Å². The topological polar surface area (TPSA) is 64.8 Å². The van der Waals surface area contributed by atoms with Crippen molar-refractivity contribution in [2.24, 2.45) is 0 Å². The highest BCUT2D eigenvalue weighted by molar-refractivity contribution is 5.97. The van der Waals surface area contributed by atoms with E-state index in [0.717, 1.165) is 22.2 Å². The molecule has 0 atom stereocenters. The van der Waals surface area contributed by atoms with Crippen molar-refractivity contribution in [3.8, 4) is 11.1 Å². The summed E-state index contributed by atoms with van der Waals surface area (Å²) >= 11 is 0. The SMILES string of the molecule is CCN(C)C(=O)c1cc(-c2ccnc3[nH]ccc23)c[nH]1.[HH]. The molecule has 3 heterocycles. The minimum atomic E-state index is -0.00174. The molecule has 3 aromatic heterocycles. The van der Waals surface area contributed by atoms with Gasteiger partial charge in [0.05, 0.1) is 0 Å². The Kier molecular flexibility index (Phi) is 3.02. The van der Waals surface area contributed by atoms with Crippen LogP contribution >= 0.6 is 0 Å². The van der Waals surface area contributed by atoms with Gasteiger partial charge in [-0.1, -0.05) is 0 Å². The summed E-state index contributed by atoms with van der Waals surface area (Å²) in [6.07, 6.45) is 5.49. The molecule has 0 fully saturated rings. The number of fused-ring (bicyclic) bond motifs is 1. The van der Waals surface area contributed by atoms with Crippen molar-refractivity contribution in [1.29, 1.82) is 0 Å².